The van der Waals surface area contributed by atoms with Crippen LogP contribution in [-0.4, -0.2) is 36.5 Å². The molecule has 3 atom stereocenters. The molecule has 1 aromatic carbocycles. The minimum atomic E-state index is 0.0308. The summed E-state index contributed by atoms with van der Waals surface area (Å²) in [6, 6.07) is 7.90. The summed E-state index contributed by atoms with van der Waals surface area (Å²) < 4.78 is 5.55. The maximum Gasteiger partial charge on any atom is 0.251 e. The van der Waals surface area contributed by atoms with Gasteiger partial charge in [-0.1, -0.05) is 0 Å². The molecule has 3 heterocycles. The van der Waals surface area contributed by atoms with Crippen molar-refractivity contribution in [3.8, 4) is 0 Å². The summed E-state index contributed by atoms with van der Waals surface area (Å²) in [4.78, 5) is 14.9. The molecular formula is C17H20N2O2. The number of hydrogen-bond acceptors (Lipinski definition) is 3. The quantitative estimate of drug-likeness (QED) is 0.922. The third-order valence-corrected chi connectivity index (χ3v) is 4.70. The van der Waals surface area contributed by atoms with Crippen LogP contribution < -0.4 is 5.32 Å². The van der Waals surface area contributed by atoms with Gasteiger partial charge in [0.2, 0.25) is 0 Å². The van der Waals surface area contributed by atoms with Crippen molar-refractivity contribution in [1.82, 2.24) is 10.2 Å². The van der Waals surface area contributed by atoms with E-state index < -0.39 is 0 Å². The van der Waals surface area contributed by atoms with Gasteiger partial charge in [-0.3, -0.25) is 4.79 Å². The van der Waals surface area contributed by atoms with Gasteiger partial charge in [0.25, 0.3) is 5.91 Å². The van der Waals surface area contributed by atoms with Crippen molar-refractivity contribution in [3.05, 3.63) is 35.6 Å². The van der Waals surface area contributed by atoms with Crippen LogP contribution in [0.4, 0.5) is 0 Å². The van der Waals surface area contributed by atoms with Crippen LogP contribution in [0, 0.1) is 12.8 Å². The maximum atomic E-state index is 12.4. The lowest BCUT2D eigenvalue weighted by molar-refractivity contribution is 0.0909. The van der Waals surface area contributed by atoms with Gasteiger partial charge in [-0.2, -0.15) is 0 Å². The van der Waals surface area contributed by atoms with E-state index in [1.807, 2.05) is 31.2 Å². The van der Waals surface area contributed by atoms with E-state index in [0.29, 0.717) is 6.04 Å². The topological polar surface area (TPSA) is 45.5 Å². The fourth-order valence-corrected chi connectivity index (χ4v) is 3.75. The number of piperidine rings is 1. The minimum absolute atomic E-state index is 0.0308. The molecule has 2 fully saturated rings. The molecule has 1 N–H and O–H groups in total. The molecule has 110 valence electrons. The second-order valence-electron chi connectivity index (χ2n) is 6.43. The lowest BCUT2D eigenvalue weighted by Gasteiger charge is -2.30. The monoisotopic (exact) mass is 285 g/mol. The van der Waals surface area contributed by atoms with Crippen molar-refractivity contribution < 1.29 is 9.21 Å². The fraction of sp³-hybridized carbons (Fsp3) is 0.471. The number of carbonyl (C=O) groups excluding carboxylic acids is 1. The van der Waals surface area contributed by atoms with E-state index in [9.17, 15) is 4.79 Å². The first kappa shape index (κ1) is 12.9. The van der Waals surface area contributed by atoms with E-state index in [-0.39, 0.29) is 5.91 Å². The summed E-state index contributed by atoms with van der Waals surface area (Å²) in [6.07, 6.45) is 2.40. The Hall–Kier alpha value is -1.81. The Morgan fingerprint density at radius 3 is 3.10 bits per heavy atom. The van der Waals surface area contributed by atoms with Gasteiger partial charge in [0.05, 0.1) is 0 Å². The lowest BCUT2D eigenvalue weighted by atomic mass is 9.96. The maximum absolute atomic E-state index is 12.4. The van der Waals surface area contributed by atoms with E-state index in [4.69, 9.17) is 4.42 Å². The van der Waals surface area contributed by atoms with Gasteiger partial charge in [-0.05, 0) is 56.5 Å². The second kappa shape index (κ2) is 4.88. The van der Waals surface area contributed by atoms with Crippen LogP contribution in [0.25, 0.3) is 11.0 Å². The first-order valence-corrected chi connectivity index (χ1v) is 7.71. The Bertz CT molecular complexity index is 679. The normalized spacial score (nSPS) is 28.0. The average Bonchev–Trinajstić information content (AvgIpc) is 2.99. The Labute approximate surface area is 124 Å². The Kier molecular flexibility index (Phi) is 3.00. The van der Waals surface area contributed by atoms with Crippen LogP contribution in [0.15, 0.2) is 28.7 Å². The Morgan fingerprint density at radius 2 is 2.24 bits per heavy atom. The predicted molar refractivity (Wildman–Crippen MR) is 81.4 cm³/mol. The summed E-state index contributed by atoms with van der Waals surface area (Å²) >= 11 is 0. The van der Waals surface area contributed by atoms with Gasteiger partial charge in [0.1, 0.15) is 11.3 Å². The number of fused-ring (bicyclic) bond motifs is 3. The first-order valence-electron chi connectivity index (χ1n) is 7.71. The summed E-state index contributed by atoms with van der Waals surface area (Å²) in [6.45, 7) is 5.32. The van der Waals surface area contributed by atoms with Crippen LogP contribution in [0.5, 0.6) is 0 Å². The second-order valence-corrected chi connectivity index (χ2v) is 6.43. The van der Waals surface area contributed by atoms with E-state index in [2.05, 4.69) is 10.2 Å². The van der Waals surface area contributed by atoms with E-state index in [1.165, 1.54) is 19.5 Å². The summed E-state index contributed by atoms with van der Waals surface area (Å²) in [7, 11) is 0. The third-order valence-electron chi connectivity index (χ3n) is 4.70. The number of nitrogens with zero attached hydrogens (tertiary/aromatic N) is 1. The number of benzene rings is 1. The van der Waals surface area contributed by atoms with Gasteiger partial charge >= 0.3 is 0 Å². The molecule has 4 rings (SSSR count). The van der Waals surface area contributed by atoms with E-state index >= 15 is 0 Å². The molecule has 2 bridgehead atoms. The molecule has 1 aromatic heterocycles. The highest BCUT2D eigenvalue weighted by molar-refractivity contribution is 5.98. The highest BCUT2D eigenvalue weighted by atomic mass is 16.4. The SMILES string of the molecule is C[13c]1cc2cc(C(=O)N[C@@H]3C[C@H]4CCN(C4)C3)ccc2o1. The van der Waals surface area contributed by atoms with Gasteiger partial charge in [-0.25, -0.2) is 0 Å². The number of hydrogen-bond donors (Lipinski definition) is 1. The number of furan rings is 1. The van der Waals surface area contributed by atoms with Gasteiger partial charge < -0.3 is 14.6 Å². The van der Waals surface area contributed by atoms with Crippen LogP contribution >= 0.6 is 0 Å². The van der Waals surface area contributed by atoms with Gasteiger partial charge in [0, 0.05) is 30.1 Å². The zero-order chi connectivity index (χ0) is 14.4. The van der Waals surface area contributed by atoms with Crippen molar-refractivity contribution in [2.75, 3.05) is 19.6 Å². The molecule has 2 aliphatic rings. The summed E-state index contributed by atoms with van der Waals surface area (Å²) in [5, 5.41) is 4.19. The fourth-order valence-electron chi connectivity index (χ4n) is 3.75. The molecule has 0 aliphatic carbocycles. The molecule has 0 saturated carbocycles. The highest BCUT2D eigenvalue weighted by Gasteiger charge is 2.32. The van der Waals surface area contributed by atoms with Crippen molar-refractivity contribution >= 4 is 16.9 Å². The van der Waals surface area contributed by atoms with Crippen molar-refractivity contribution in [2.24, 2.45) is 5.92 Å². The third kappa shape index (κ3) is 2.44. The molecule has 2 aromatic rings. The molecule has 1 amide bonds. The standard InChI is InChI=1S/C17H20N2O2/c1-11-6-14-8-13(2-3-16(14)21-11)17(20)18-15-7-12-4-5-19(9-12)10-15/h2-3,6,8,12,15H,4-5,7,9-10H2,1H3,(H,18,20)/t12-,15-/m1/s1/i11+1. The minimum Gasteiger partial charge on any atom is -0.461 e. The van der Waals surface area contributed by atoms with Gasteiger partial charge in [0.15, 0.2) is 0 Å². The number of nitrogens with one attached hydrogen (secondary N) is 1. The molecular weight excluding hydrogens is 265 g/mol. The number of aryl methyl sites for hydroxylation is 1. The molecule has 4 heteroatoms. The summed E-state index contributed by atoms with van der Waals surface area (Å²) in [5.74, 6) is 1.67. The van der Waals surface area contributed by atoms with E-state index in [1.54, 1.807) is 0 Å². The highest BCUT2D eigenvalue weighted by Crippen LogP contribution is 2.27. The van der Waals surface area contributed by atoms with Crippen LogP contribution in [0.1, 0.15) is 29.0 Å². The van der Waals surface area contributed by atoms with Crippen LogP contribution in [0.3, 0.4) is 0 Å². The Morgan fingerprint density at radius 1 is 1.33 bits per heavy atom. The number of amides is 1. The number of carbonyl (C=O) groups is 1. The first-order chi connectivity index (χ1) is 10.2. The van der Waals surface area contributed by atoms with Crippen molar-refractivity contribution in [3.63, 3.8) is 0 Å². The molecule has 0 spiro atoms. The molecule has 2 aliphatic heterocycles. The van der Waals surface area contributed by atoms with Crippen LogP contribution in [-0.2, 0) is 0 Å². The van der Waals surface area contributed by atoms with Crippen molar-refractivity contribution in [2.45, 2.75) is 25.8 Å². The number of rotatable bonds is 2. The zero-order valence-corrected chi connectivity index (χ0v) is 12.3. The largest absolute Gasteiger partial charge is 0.461 e. The van der Waals surface area contributed by atoms with Crippen molar-refractivity contribution in [1.29, 1.82) is 0 Å². The lowest BCUT2D eigenvalue weighted by Crippen LogP contribution is -2.47. The molecule has 2 saturated heterocycles. The molecule has 21 heavy (non-hydrogen) atoms. The van der Waals surface area contributed by atoms with Crippen LogP contribution in [0.2, 0.25) is 0 Å². The zero-order valence-electron chi connectivity index (χ0n) is 12.3. The molecule has 0 radical (unpaired) electrons. The van der Waals surface area contributed by atoms with E-state index in [0.717, 1.165) is 41.2 Å². The molecule has 4 nitrogen and oxygen atoms in total. The Balaban J connectivity index is 1.50. The smallest absolute Gasteiger partial charge is 0.251 e. The summed E-state index contributed by atoms with van der Waals surface area (Å²) in [5.41, 5.74) is 1.56. The predicted octanol–water partition coefficient (Wildman–Crippen LogP) is 2.57. The average molecular weight is 285 g/mol. The molecule has 1 unspecified atom stereocenters. The van der Waals surface area contributed by atoms with Gasteiger partial charge in [-0.15, -0.1) is 0 Å².